The lowest BCUT2D eigenvalue weighted by Gasteiger charge is -2.31. The molecule has 0 spiro atoms. The third-order valence-electron chi connectivity index (χ3n) is 5.61. The van der Waals surface area contributed by atoms with Gasteiger partial charge < -0.3 is 14.5 Å². The fourth-order valence-corrected chi connectivity index (χ4v) is 4.04. The van der Waals surface area contributed by atoms with E-state index in [1.165, 1.54) is 5.56 Å². The summed E-state index contributed by atoms with van der Waals surface area (Å²) in [6, 6.07) is 13.3. The molecule has 1 N–H and O–H groups in total. The molecule has 7 heteroatoms. The molecule has 31 heavy (non-hydrogen) atoms. The number of benzene rings is 1. The molecule has 1 fully saturated rings. The van der Waals surface area contributed by atoms with Crippen LogP contribution in [0.5, 0.6) is 11.5 Å². The first-order valence-electron chi connectivity index (χ1n) is 10.7. The fourth-order valence-electron chi connectivity index (χ4n) is 4.04. The van der Waals surface area contributed by atoms with Crippen molar-refractivity contribution in [3.05, 3.63) is 70.3 Å². The van der Waals surface area contributed by atoms with E-state index in [1.54, 1.807) is 19.4 Å². The minimum atomic E-state index is -0.130. The zero-order chi connectivity index (χ0) is 21.6. The molecule has 2 aromatic heterocycles. The van der Waals surface area contributed by atoms with Gasteiger partial charge in [0.2, 0.25) is 0 Å². The van der Waals surface area contributed by atoms with Gasteiger partial charge in [-0.3, -0.25) is 14.7 Å². The van der Waals surface area contributed by atoms with Crippen LogP contribution in [0.25, 0.3) is 11.5 Å². The lowest BCUT2D eigenvalue weighted by molar-refractivity contribution is 0.203. The molecule has 3 aromatic rings. The summed E-state index contributed by atoms with van der Waals surface area (Å²) < 4.78 is 11.1. The SMILES string of the molecule is CCOc1cc(CN2CCC(c3cc(=O)[nH]c(-c4ccccn4)n3)CC2)ccc1OC. The van der Waals surface area contributed by atoms with Gasteiger partial charge in [-0.15, -0.1) is 0 Å². The summed E-state index contributed by atoms with van der Waals surface area (Å²) in [5.41, 5.74) is 2.61. The Morgan fingerprint density at radius 3 is 2.68 bits per heavy atom. The summed E-state index contributed by atoms with van der Waals surface area (Å²) in [7, 11) is 1.66. The average Bonchev–Trinajstić information content (AvgIpc) is 2.80. The molecule has 7 nitrogen and oxygen atoms in total. The van der Waals surface area contributed by atoms with Gasteiger partial charge in [0.25, 0.3) is 5.56 Å². The first-order valence-corrected chi connectivity index (χ1v) is 10.7. The van der Waals surface area contributed by atoms with Gasteiger partial charge in [0.05, 0.1) is 19.4 Å². The van der Waals surface area contributed by atoms with Crippen LogP contribution in [0.15, 0.2) is 53.5 Å². The van der Waals surface area contributed by atoms with E-state index in [0.29, 0.717) is 18.1 Å². The molecular formula is C24H28N4O3. The molecule has 0 bridgehead atoms. The third-order valence-corrected chi connectivity index (χ3v) is 5.61. The van der Waals surface area contributed by atoms with E-state index < -0.39 is 0 Å². The van der Waals surface area contributed by atoms with Crippen LogP contribution in [0.3, 0.4) is 0 Å². The minimum absolute atomic E-state index is 0.130. The summed E-state index contributed by atoms with van der Waals surface area (Å²) in [4.78, 5) is 26.5. The molecule has 1 aliphatic heterocycles. The molecule has 0 atom stereocenters. The number of methoxy groups -OCH3 is 1. The molecule has 0 amide bonds. The van der Waals surface area contributed by atoms with E-state index >= 15 is 0 Å². The van der Waals surface area contributed by atoms with Crippen molar-refractivity contribution in [2.75, 3.05) is 26.8 Å². The number of pyridine rings is 1. The Balaban J connectivity index is 1.42. The van der Waals surface area contributed by atoms with Gasteiger partial charge in [0.1, 0.15) is 5.69 Å². The largest absolute Gasteiger partial charge is 0.493 e. The van der Waals surface area contributed by atoms with Crippen LogP contribution in [0.1, 0.15) is 36.9 Å². The normalized spacial score (nSPS) is 15.0. The second kappa shape index (κ2) is 9.75. The molecule has 0 saturated carbocycles. The average molecular weight is 421 g/mol. The van der Waals surface area contributed by atoms with Crippen molar-refractivity contribution < 1.29 is 9.47 Å². The number of ether oxygens (including phenoxy) is 2. The van der Waals surface area contributed by atoms with E-state index in [9.17, 15) is 4.79 Å². The second-order valence-electron chi connectivity index (χ2n) is 7.70. The van der Waals surface area contributed by atoms with Crippen molar-refractivity contribution in [2.24, 2.45) is 0 Å². The highest BCUT2D eigenvalue weighted by Gasteiger charge is 2.23. The van der Waals surface area contributed by atoms with Crippen LogP contribution in [0.2, 0.25) is 0 Å². The summed E-state index contributed by atoms with van der Waals surface area (Å²) in [5, 5.41) is 0. The number of piperidine rings is 1. The van der Waals surface area contributed by atoms with Crippen LogP contribution >= 0.6 is 0 Å². The molecule has 0 unspecified atom stereocenters. The van der Waals surface area contributed by atoms with Crippen molar-refractivity contribution in [1.82, 2.24) is 19.9 Å². The van der Waals surface area contributed by atoms with Gasteiger partial charge in [-0.25, -0.2) is 4.98 Å². The molecular weight excluding hydrogens is 392 g/mol. The predicted octanol–water partition coefficient (Wildman–Crippen LogP) is 3.62. The summed E-state index contributed by atoms with van der Waals surface area (Å²) in [6.45, 7) is 5.34. The van der Waals surface area contributed by atoms with Gasteiger partial charge in [0, 0.05) is 24.7 Å². The summed E-state index contributed by atoms with van der Waals surface area (Å²) >= 11 is 0. The van der Waals surface area contributed by atoms with E-state index in [-0.39, 0.29) is 11.5 Å². The standard InChI is InChI=1S/C24H28N4O3/c1-3-31-22-14-17(7-8-21(22)30-2)16-28-12-9-18(10-13-28)20-15-23(29)27-24(26-20)19-6-4-5-11-25-19/h4-8,11,14-15,18H,3,9-10,12-13,16H2,1-2H3,(H,26,27,29). The smallest absolute Gasteiger partial charge is 0.251 e. The number of H-pyrrole nitrogens is 1. The summed E-state index contributed by atoms with van der Waals surface area (Å²) in [6.07, 6.45) is 3.63. The number of likely N-dealkylation sites (tertiary alicyclic amines) is 1. The highest BCUT2D eigenvalue weighted by Crippen LogP contribution is 2.31. The quantitative estimate of drug-likeness (QED) is 0.629. The van der Waals surface area contributed by atoms with Crippen molar-refractivity contribution in [3.63, 3.8) is 0 Å². The van der Waals surface area contributed by atoms with Crippen molar-refractivity contribution in [3.8, 4) is 23.0 Å². The Morgan fingerprint density at radius 1 is 1.13 bits per heavy atom. The number of rotatable bonds is 7. The molecule has 1 aliphatic rings. The van der Waals surface area contributed by atoms with E-state index in [1.807, 2.05) is 31.2 Å². The van der Waals surface area contributed by atoms with Gasteiger partial charge in [-0.05, 0) is 62.7 Å². The Hall–Kier alpha value is -3.19. The maximum atomic E-state index is 12.2. The van der Waals surface area contributed by atoms with Gasteiger partial charge in [-0.1, -0.05) is 12.1 Å². The first kappa shape index (κ1) is 21.1. The third kappa shape index (κ3) is 5.11. The van der Waals surface area contributed by atoms with Crippen LogP contribution in [-0.4, -0.2) is 46.7 Å². The van der Waals surface area contributed by atoms with Gasteiger partial charge in [0.15, 0.2) is 17.3 Å². The molecule has 4 rings (SSSR count). The molecule has 3 heterocycles. The van der Waals surface area contributed by atoms with E-state index in [4.69, 9.17) is 14.5 Å². The zero-order valence-electron chi connectivity index (χ0n) is 18.0. The highest BCUT2D eigenvalue weighted by molar-refractivity contribution is 5.48. The Labute approximate surface area is 182 Å². The number of hydrogen-bond donors (Lipinski definition) is 1. The van der Waals surface area contributed by atoms with E-state index in [0.717, 1.165) is 49.7 Å². The van der Waals surface area contributed by atoms with Crippen LogP contribution in [0, 0.1) is 0 Å². The number of nitrogens with one attached hydrogen (secondary N) is 1. The topological polar surface area (TPSA) is 80.3 Å². The summed E-state index contributed by atoms with van der Waals surface area (Å²) in [5.74, 6) is 2.35. The Bertz CT molecular complexity index is 1060. The van der Waals surface area contributed by atoms with Crippen molar-refractivity contribution in [1.29, 1.82) is 0 Å². The monoisotopic (exact) mass is 420 g/mol. The maximum Gasteiger partial charge on any atom is 0.251 e. The first-order chi connectivity index (χ1) is 15.2. The lowest BCUT2D eigenvalue weighted by Crippen LogP contribution is -2.33. The van der Waals surface area contributed by atoms with Crippen LogP contribution in [-0.2, 0) is 6.54 Å². The lowest BCUT2D eigenvalue weighted by atomic mass is 9.93. The van der Waals surface area contributed by atoms with Gasteiger partial charge in [-0.2, -0.15) is 0 Å². The molecule has 1 aromatic carbocycles. The fraction of sp³-hybridized carbons (Fsp3) is 0.375. The zero-order valence-corrected chi connectivity index (χ0v) is 18.0. The Kier molecular flexibility index (Phi) is 6.62. The van der Waals surface area contributed by atoms with E-state index in [2.05, 4.69) is 27.0 Å². The Morgan fingerprint density at radius 2 is 1.97 bits per heavy atom. The predicted molar refractivity (Wildman–Crippen MR) is 120 cm³/mol. The number of nitrogens with zero attached hydrogens (tertiary/aromatic N) is 3. The van der Waals surface area contributed by atoms with Crippen molar-refractivity contribution in [2.45, 2.75) is 32.2 Å². The maximum absolute atomic E-state index is 12.2. The number of hydrogen-bond acceptors (Lipinski definition) is 6. The van der Waals surface area contributed by atoms with Crippen LogP contribution in [0.4, 0.5) is 0 Å². The van der Waals surface area contributed by atoms with Crippen molar-refractivity contribution >= 4 is 0 Å². The number of aromatic nitrogens is 3. The van der Waals surface area contributed by atoms with Gasteiger partial charge >= 0.3 is 0 Å². The highest BCUT2D eigenvalue weighted by atomic mass is 16.5. The second-order valence-corrected chi connectivity index (χ2v) is 7.70. The minimum Gasteiger partial charge on any atom is -0.493 e. The molecule has 162 valence electrons. The number of aromatic amines is 1. The van der Waals surface area contributed by atoms with Crippen LogP contribution < -0.4 is 15.0 Å². The molecule has 0 aliphatic carbocycles. The molecule has 1 saturated heterocycles. The molecule has 0 radical (unpaired) electrons.